The maximum atomic E-state index is 15.0. The van der Waals surface area contributed by atoms with Gasteiger partial charge >= 0.3 is 12.3 Å². The summed E-state index contributed by atoms with van der Waals surface area (Å²) in [6.45, 7) is 0.771. The van der Waals surface area contributed by atoms with Crippen molar-refractivity contribution in [1.29, 1.82) is 0 Å². The first-order chi connectivity index (χ1) is 17.3. The smallest absolute Gasteiger partial charge is 0.421 e. The summed E-state index contributed by atoms with van der Waals surface area (Å²) in [6.07, 6.45) is -3.53. The number of anilines is 1. The molecule has 0 spiro atoms. The number of alkyl halides is 3. The minimum Gasteiger partial charge on any atom is -0.445 e. The third-order valence-electron chi connectivity index (χ3n) is 5.81. The van der Waals surface area contributed by atoms with Crippen LogP contribution in [0.1, 0.15) is 29.5 Å². The zero-order chi connectivity index (χ0) is 25.5. The molecule has 10 heteroatoms. The number of pyridine rings is 1. The Bertz CT molecular complexity index is 1160. The van der Waals surface area contributed by atoms with E-state index in [4.69, 9.17) is 4.74 Å². The molecule has 1 aromatic heterocycles. The molecule has 2 aromatic carbocycles. The first-order valence-electron chi connectivity index (χ1n) is 11.5. The van der Waals surface area contributed by atoms with Crippen LogP contribution in [0.2, 0.25) is 0 Å². The van der Waals surface area contributed by atoms with Crippen molar-refractivity contribution in [3.05, 3.63) is 89.4 Å². The Morgan fingerprint density at radius 1 is 1.03 bits per heavy atom. The molecule has 0 atom stereocenters. The summed E-state index contributed by atoms with van der Waals surface area (Å²) in [5.74, 6) is -1.08. The van der Waals surface area contributed by atoms with Gasteiger partial charge in [-0.15, -0.1) is 0 Å². The number of aromatic nitrogens is 1. The predicted octanol–water partition coefficient (Wildman–Crippen LogP) is 6.74. The highest BCUT2D eigenvalue weighted by molar-refractivity contribution is 7.98. The molecule has 0 unspecified atom stereocenters. The summed E-state index contributed by atoms with van der Waals surface area (Å²) in [4.78, 5) is 17.8. The monoisotopic (exact) mass is 519 g/mol. The molecule has 1 aliphatic heterocycles. The van der Waals surface area contributed by atoms with Gasteiger partial charge in [0.25, 0.3) is 0 Å². The van der Waals surface area contributed by atoms with E-state index in [1.165, 1.54) is 4.90 Å². The standard InChI is InChI=1S/C26H25F4N3O2S/c27-23-22(26(28,29)30)21(15-31-24(23)36-17-19-9-5-2-6-10-19)32-20-11-13-33(14-12-20)25(34)35-16-18-7-3-1-4-8-18/h1-10,15,20,32H,11-14,16-17H2. The van der Waals surface area contributed by atoms with Crippen LogP contribution in [-0.2, 0) is 23.3 Å². The number of rotatable bonds is 7. The topological polar surface area (TPSA) is 54.5 Å². The van der Waals surface area contributed by atoms with Crippen LogP contribution in [0.25, 0.3) is 0 Å². The molecule has 3 aromatic rings. The first kappa shape index (κ1) is 25.8. The number of amides is 1. The van der Waals surface area contributed by atoms with Crippen molar-refractivity contribution in [1.82, 2.24) is 9.88 Å². The van der Waals surface area contributed by atoms with Crippen molar-refractivity contribution in [2.45, 2.75) is 42.4 Å². The Morgan fingerprint density at radius 2 is 1.64 bits per heavy atom. The van der Waals surface area contributed by atoms with E-state index in [1.807, 2.05) is 60.7 Å². The molecule has 0 aliphatic carbocycles. The second kappa shape index (κ2) is 11.6. The third-order valence-corrected chi connectivity index (χ3v) is 6.84. The van der Waals surface area contributed by atoms with Crippen LogP contribution in [0.4, 0.5) is 28.0 Å². The molecule has 36 heavy (non-hydrogen) atoms. The number of carbonyl (C=O) groups is 1. The number of hydrogen-bond donors (Lipinski definition) is 1. The van der Waals surface area contributed by atoms with Gasteiger partial charge in [0.05, 0.1) is 11.9 Å². The van der Waals surface area contributed by atoms with Crippen LogP contribution in [0, 0.1) is 5.82 Å². The van der Waals surface area contributed by atoms with Crippen molar-refractivity contribution in [2.24, 2.45) is 0 Å². The van der Waals surface area contributed by atoms with Crippen molar-refractivity contribution < 1.29 is 27.1 Å². The van der Waals surface area contributed by atoms with E-state index in [0.29, 0.717) is 31.7 Å². The SMILES string of the molecule is O=C(OCc1ccccc1)N1CCC(Nc2cnc(SCc3ccccc3)c(F)c2C(F)(F)F)CC1. The number of carbonyl (C=O) groups excluding carboxylic acids is 1. The average molecular weight is 520 g/mol. The van der Waals surface area contributed by atoms with Crippen molar-refractivity contribution in [2.75, 3.05) is 18.4 Å². The number of halogens is 4. The molecule has 2 heterocycles. The average Bonchev–Trinajstić information content (AvgIpc) is 2.88. The minimum atomic E-state index is -4.89. The van der Waals surface area contributed by atoms with Crippen LogP contribution in [0.15, 0.2) is 71.9 Å². The van der Waals surface area contributed by atoms with Gasteiger partial charge in [-0.25, -0.2) is 14.2 Å². The number of hydrogen-bond acceptors (Lipinski definition) is 5. The first-order valence-corrected chi connectivity index (χ1v) is 12.4. The number of benzene rings is 2. The fourth-order valence-electron chi connectivity index (χ4n) is 3.92. The molecular weight excluding hydrogens is 494 g/mol. The van der Waals surface area contributed by atoms with E-state index in [2.05, 4.69) is 10.3 Å². The van der Waals surface area contributed by atoms with Crippen LogP contribution >= 0.6 is 11.8 Å². The van der Waals surface area contributed by atoms with E-state index in [9.17, 15) is 22.4 Å². The minimum absolute atomic E-state index is 0.145. The molecule has 190 valence electrons. The predicted molar refractivity (Wildman–Crippen MR) is 130 cm³/mol. The summed E-state index contributed by atoms with van der Waals surface area (Å²) in [7, 11) is 0. The Hall–Kier alpha value is -3.27. The van der Waals surface area contributed by atoms with Gasteiger partial charge in [0.15, 0.2) is 5.82 Å². The molecule has 1 amide bonds. The lowest BCUT2D eigenvalue weighted by molar-refractivity contribution is -0.139. The number of ether oxygens (including phenoxy) is 1. The molecule has 1 saturated heterocycles. The number of likely N-dealkylation sites (tertiary alicyclic amines) is 1. The van der Waals surface area contributed by atoms with Gasteiger partial charge in [0, 0.05) is 24.9 Å². The summed E-state index contributed by atoms with van der Waals surface area (Å²) in [5, 5.41) is 2.51. The maximum Gasteiger partial charge on any atom is 0.421 e. The lowest BCUT2D eigenvalue weighted by Crippen LogP contribution is -2.42. The van der Waals surface area contributed by atoms with E-state index >= 15 is 0 Å². The fourth-order valence-corrected chi connectivity index (χ4v) is 4.77. The molecule has 1 aliphatic rings. The Morgan fingerprint density at radius 3 is 2.25 bits per heavy atom. The van der Waals surface area contributed by atoms with Crippen molar-refractivity contribution in [3.63, 3.8) is 0 Å². The molecule has 4 rings (SSSR count). The summed E-state index contributed by atoms with van der Waals surface area (Å²) < 4.78 is 61.7. The normalized spacial score (nSPS) is 14.5. The van der Waals surface area contributed by atoms with Crippen molar-refractivity contribution >= 4 is 23.5 Å². The van der Waals surface area contributed by atoms with E-state index in [-0.39, 0.29) is 17.7 Å². The number of nitrogens with one attached hydrogen (secondary N) is 1. The van der Waals surface area contributed by atoms with Crippen LogP contribution in [0.5, 0.6) is 0 Å². The van der Waals surface area contributed by atoms with Crippen LogP contribution in [0.3, 0.4) is 0 Å². The number of nitrogens with zero attached hydrogens (tertiary/aromatic N) is 2. The Labute approximate surface area is 210 Å². The van der Waals surface area contributed by atoms with Gasteiger partial charge in [0.1, 0.15) is 17.2 Å². The molecule has 5 nitrogen and oxygen atoms in total. The second-order valence-corrected chi connectivity index (χ2v) is 9.35. The van der Waals surface area contributed by atoms with Crippen LogP contribution < -0.4 is 5.32 Å². The van der Waals surface area contributed by atoms with E-state index in [1.54, 1.807) is 0 Å². The van der Waals surface area contributed by atoms with Gasteiger partial charge in [-0.2, -0.15) is 13.2 Å². The van der Waals surface area contributed by atoms with Crippen molar-refractivity contribution in [3.8, 4) is 0 Å². The number of thioether (sulfide) groups is 1. The summed E-state index contributed by atoms with van der Waals surface area (Å²) in [5.41, 5.74) is -0.0255. The maximum absolute atomic E-state index is 15.0. The van der Waals surface area contributed by atoms with E-state index < -0.39 is 29.3 Å². The number of piperidine rings is 1. The lowest BCUT2D eigenvalue weighted by atomic mass is 10.0. The lowest BCUT2D eigenvalue weighted by Gasteiger charge is -2.32. The molecular formula is C26H25F4N3O2S. The Balaban J connectivity index is 1.36. The molecule has 1 fully saturated rings. The molecule has 0 radical (unpaired) electrons. The molecule has 0 saturated carbocycles. The van der Waals surface area contributed by atoms with Gasteiger partial charge in [-0.05, 0) is 24.0 Å². The van der Waals surface area contributed by atoms with Crippen LogP contribution in [-0.4, -0.2) is 35.1 Å². The Kier molecular flexibility index (Phi) is 8.35. The zero-order valence-electron chi connectivity index (χ0n) is 19.3. The molecule has 1 N–H and O–H groups in total. The van der Waals surface area contributed by atoms with Gasteiger partial charge in [0.2, 0.25) is 0 Å². The van der Waals surface area contributed by atoms with Gasteiger partial charge < -0.3 is 15.0 Å². The van der Waals surface area contributed by atoms with Gasteiger partial charge in [-0.3, -0.25) is 0 Å². The largest absolute Gasteiger partial charge is 0.445 e. The van der Waals surface area contributed by atoms with Gasteiger partial charge in [-0.1, -0.05) is 72.4 Å². The quantitative estimate of drug-likeness (QED) is 0.277. The highest BCUT2D eigenvalue weighted by atomic mass is 32.2. The highest BCUT2D eigenvalue weighted by Gasteiger charge is 2.39. The third kappa shape index (κ3) is 6.69. The zero-order valence-corrected chi connectivity index (χ0v) is 20.1. The summed E-state index contributed by atoms with van der Waals surface area (Å²) in [6, 6.07) is 18.0. The summed E-state index contributed by atoms with van der Waals surface area (Å²) >= 11 is 0.920. The van der Waals surface area contributed by atoms with E-state index in [0.717, 1.165) is 29.1 Å². The fraction of sp³-hybridized carbons (Fsp3) is 0.308. The highest BCUT2D eigenvalue weighted by Crippen LogP contribution is 2.40. The molecule has 0 bridgehead atoms. The second-order valence-electron chi connectivity index (χ2n) is 8.38.